The minimum Gasteiger partial charge on any atom is -0.332 e. The van der Waals surface area contributed by atoms with Crippen LogP contribution in [0, 0.1) is 21.7 Å². The molecule has 0 aliphatic rings. The summed E-state index contributed by atoms with van der Waals surface area (Å²) >= 11 is 3.23. The first-order chi connectivity index (χ1) is 12.4. The topological polar surface area (TPSA) is 106 Å². The molecule has 0 aliphatic carbocycles. The third kappa shape index (κ3) is 3.88. The fourth-order valence-corrected chi connectivity index (χ4v) is 2.26. The predicted molar refractivity (Wildman–Crippen MR) is 93.5 cm³/mol. The first-order valence-corrected chi connectivity index (χ1v) is 7.83. The highest BCUT2D eigenvalue weighted by atomic mass is 79.9. The van der Waals surface area contributed by atoms with Gasteiger partial charge in [-0.3, -0.25) is 10.1 Å². The molecule has 0 atom stereocenters. The molecule has 1 aromatic carbocycles. The Kier molecular flexibility index (Phi) is 4.98. The Labute approximate surface area is 153 Å². The number of hydrogen-bond acceptors (Lipinski definition) is 7. The molecule has 2 heterocycles. The van der Waals surface area contributed by atoms with E-state index in [2.05, 4.69) is 41.5 Å². The van der Waals surface area contributed by atoms with Gasteiger partial charge in [0.05, 0.1) is 10.6 Å². The Hall–Kier alpha value is -3.21. The number of benzene rings is 1. The van der Waals surface area contributed by atoms with Gasteiger partial charge >= 0.3 is 5.69 Å². The molecule has 0 saturated carbocycles. The smallest absolute Gasteiger partial charge is 0.332 e. The lowest BCUT2D eigenvalue weighted by molar-refractivity contribution is -0.383. The maximum Gasteiger partial charge on any atom is 0.353 e. The molecular formula is C15H9BrF2N6O2. The Balaban J connectivity index is 1.99. The number of pyridine rings is 1. The molecule has 3 aromatic rings. The summed E-state index contributed by atoms with van der Waals surface area (Å²) in [6.45, 7) is 0. The minimum atomic E-state index is -0.789. The summed E-state index contributed by atoms with van der Waals surface area (Å²) in [6.07, 6.45) is 2.55. The van der Waals surface area contributed by atoms with Crippen molar-refractivity contribution < 1.29 is 13.7 Å². The van der Waals surface area contributed by atoms with Crippen molar-refractivity contribution in [3.63, 3.8) is 0 Å². The zero-order chi connectivity index (χ0) is 18.7. The summed E-state index contributed by atoms with van der Waals surface area (Å²) in [5.74, 6) is -1.64. The van der Waals surface area contributed by atoms with Gasteiger partial charge in [0.25, 0.3) is 0 Å². The molecule has 0 bridgehead atoms. The first kappa shape index (κ1) is 17.6. The molecule has 0 fully saturated rings. The van der Waals surface area contributed by atoms with E-state index >= 15 is 0 Å². The van der Waals surface area contributed by atoms with Crippen molar-refractivity contribution in [1.82, 2.24) is 15.0 Å². The molecule has 2 N–H and O–H groups in total. The van der Waals surface area contributed by atoms with E-state index in [-0.39, 0.29) is 17.3 Å². The second-order valence-corrected chi connectivity index (χ2v) is 5.83. The second-order valence-electron chi connectivity index (χ2n) is 4.91. The molecule has 2 aromatic heterocycles. The van der Waals surface area contributed by atoms with Crippen molar-refractivity contribution in [3.05, 3.63) is 69.1 Å². The average Bonchev–Trinajstić information content (AvgIpc) is 2.60. The number of aromatic nitrogens is 3. The highest BCUT2D eigenvalue weighted by molar-refractivity contribution is 9.10. The van der Waals surface area contributed by atoms with Crippen LogP contribution in [0.25, 0.3) is 0 Å². The standard InChI is InChI=1S/C15H9BrF2N6O2/c16-8-1-4-12(19-6-8)23-15-13(24(25)26)14(20-7-21-15)22-11-5-9(17)2-3-10(11)18/h1-7H,(H2,19,20,21,22,23). The van der Waals surface area contributed by atoms with Crippen LogP contribution < -0.4 is 10.6 Å². The van der Waals surface area contributed by atoms with E-state index < -0.39 is 22.2 Å². The maximum absolute atomic E-state index is 13.8. The van der Waals surface area contributed by atoms with Crippen LogP contribution in [0.3, 0.4) is 0 Å². The summed E-state index contributed by atoms with van der Waals surface area (Å²) < 4.78 is 27.8. The zero-order valence-electron chi connectivity index (χ0n) is 12.8. The van der Waals surface area contributed by atoms with Gasteiger partial charge in [0.15, 0.2) is 0 Å². The lowest BCUT2D eigenvalue weighted by Gasteiger charge is -2.10. The van der Waals surface area contributed by atoms with Gasteiger partial charge in [0, 0.05) is 16.7 Å². The summed E-state index contributed by atoms with van der Waals surface area (Å²) in [6, 6.07) is 5.96. The van der Waals surface area contributed by atoms with Gasteiger partial charge in [-0.2, -0.15) is 0 Å². The van der Waals surface area contributed by atoms with Crippen LogP contribution in [0.1, 0.15) is 0 Å². The number of hydrogen-bond donors (Lipinski definition) is 2. The molecule has 0 radical (unpaired) electrons. The molecule has 0 spiro atoms. The van der Waals surface area contributed by atoms with E-state index in [0.29, 0.717) is 5.82 Å². The Bertz CT molecular complexity index is 971. The van der Waals surface area contributed by atoms with Gasteiger partial charge in [0.1, 0.15) is 23.8 Å². The highest BCUT2D eigenvalue weighted by Crippen LogP contribution is 2.33. The van der Waals surface area contributed by atoms with Gasteiger partial charge in [-0.05, 0) is 40.2 Å². The first-order valence-electron chi connectivity index (χ1n) is 7.04. The van der Waals surface area contributed by atoms with Crippen LogP contribution >= 0.6 is 15.9 Å². The van der Waals surface area contributed by atoms with Crippen molar-refractivity contribution in [2.45, 2.75) is 0 Å². The summed E-state index contributed by atoms with van der Waals surface area (Å²) in [7, 11) is 0. The zero-order valence-corrected chi connectivity index (χ0v) is 14.4. The molecule has 132 valence electrons. The number of nitrogens with one attached hydrogen (secondary N) is 2. The molecule has 0 unspecified atom stereocenters. The van der Waals surface area contributed by atoms with Crippen LogP contribution in [0.2, 0.25) is 0 Å². The van der Waals surface area contributed by atoms with Gasteiger partial charge in [-0.25, -0.2) is 23.7 Å². The second kappa shape index (κ2) is 7.35. The summed E-state index contributed by atoms with van der Waals surface area (Å²) in [5.41, 5.74) is -0.833. The van der Waals surface area contributed by atoms with Gasteiger partial charge in [-0.15, -0.1) is 0 Å². The van der Waals surface area contributed by atoms with Crippen molar-refractivity contribution in [1.29, 1.82) is 0 Å². The molecule has 26 heavy (non-hydrogen) atoms. The maximum atomic E-state index is 13.8. The van der Waals surface area contributed by atoms with Crippen LogP contribution in [0.15, 0.2) is 47.3 Å². The van der Waals surface area contributed by atoms with Gasteiger partial charge < -0.3 is 10.6 Å². The highest BCUT2D eigenvalue weighted by Gasteiger charge is 2.24. The van der Waals surface area contributed by atoms with Crippen molar-refractivity contribution in [2.24, 2.45) is 0 Å². The lowest BCUT2D eigenvalue weighted by atomic mass is 10.3. The minimum absolute atomic E-state index is 0.154. The number of rotatable bonds is 5. The van der Waals surface area contributed by atoms with Crippen molar-refractivity contribution >= 4 is 44.8 Å². The molecular weight excluding hydrogens is 414 g/mol. The average molecular weight is 423 g/mol. The third-order valence-corrected chi connectivity index (χ3v) is 3.63. The number of nitrogens with zero attached hydrogens (tertiary/aromatic N) is 4. The van der Waals surface area contributed by atoms with Crippen molar-refractivity contribution in [2.75, 3.05) is 10.6 Å². The van der Waals surface area contributed by atoms with Gasteiger partial charge in [0.2, 0.25) is 11.6 Å². The predicted octanol–water partition coefficient (Wildman–Crippen LogP) is 4.31. The van der Waals surface area contributed by atoms with E-state index in [1.165, 1.54) is 6.20 Å². The molecule has 0 aliphatic heterocycles. The largest absolute Gasteiger partial charge is 0.353 e. The van der Waals surface area contributed by atoms with Crippen LogP contribution in [0.5, 0.6) is 0 Å². The van der Waals surface area contributed by atoms with Crippen LogP contribution in [-0.2, 0) is 0 Å². The third-order valence-electron chi connectivity index (χ3n) is 3.16. The Morgan fingerprint density at radius 1 is 1.04 bits per heavy atom. The lowest BCUT2D eigenvalue weighted by Crippen LogP contribution is -2.06. The monoisotopic (exact) mass is 422 g/mol. The van der Waals surface area contributed by atoms with E-state index in [0.717, 1.165) is 29.0 Å². The Morgan fingerprint density at radius 3 is 2.42 bits per heavy atom. The van der Waals surface area contributed by atoms with E-state index in [1.54, 1.807) is 12.1 Å². The van der Waals surface area contributed by atoms with E-state index in [1.807, 2.05) is 0 Å². The molecule has 8 nitrogen and oxygen atoms in total. The normalized spacial score (nSPS) is 10.4. The molecule has 0 amide bonds. The van der Waals surface area contributed by atoms with E-state index in [4.69, 9.17) is 0 Å². The number of nitro groups is 1. The van der Waals surface area contributed by atoms with E-state index in [9.17, 15) is 18.9 Å². The number of anilines is 4. The fraction of sp³-hybridized carbons (Fsp3) is 0. The SMILES string of the molecule is O=[N+]([O-])c1c(Nc2ccc(Br)cn2)ncnc1Nc1cc(F)ccc1F. The Morgan fingerprint density at radius 2 is 1.77 bits per heavy atom. The quantitative estimate of drug-likeness (QED) is 0.465. The number of halogens is 3. The van der Waals surface area contributed by atoms with Gasteiger partial charge in [-0.1, -0.05) is 0 Å². The molecule has 11 heteroatoms. The van der Waals surface area contributed by atoms with Crippen molar-refractivity contribution in [3.8, 4) is 0 Å². The summed E-state index contributed by atoms with van der Waals surface area (Å²) in [5, 5.41) is 16.6. The molecule has 3 rings (SSSR count). The van der Waals surface area contributed by atoms with Crippen LogP contribution in [-0.4, -0.2) is 19.9 Å². The fourth-order valence-electron chi connectivity index (χ4n) is 2.03. The molecule has 0 saturated heterocycles. The summed E-state index contributed by atoms with van der Waals surface area (Å²) in [4.78, 5) is 22.4. The van der Waals surface area contributed by atoms with Crippen LogP contribution in [0.4, 0.5) is 37.6 Å².